The first-order valence-electron chi connectivity index (χ1n) is 8.80. The van der Waals surface area contributed by atoms with E-state index in [1.165, 1.54) is 23.3 Å². The number of fused-ring (bicyclic) bond motifs is 1. The van der Waals surface area contributed by atoms with Crippen LogP contribution < -0.4 is 5.32 Å². The van der Waals surface area contributed by atoms with Crippen LogP contribution in [0.4, 0.5) is 8.78 Å². The van der Waals surface area contributed by atoms with Gasteiger partial charge < -0.3 is 10.1 Å². The number of hydrogen-bond acceptors (Lipinski definition) is 3. The number of piperazine rings is 1. The van der Waals surface area contributed by atoms with Gasteiger partial charge >= 0.3 is 0 Å². The average Bonchev–Trinajstić information content (AvgIpc) is 2.98. The molecule has 0 amide bonds. The summed E-state index contributed by atoms with van der Waals surface area (Å²) < 4.78 is 33.0. The summed E-state index contributed by atoms with van der Waals surface area (Å²) in [5.41, 5.74) is 3.16. The number of benzene rings is 2. The highest BCUT2D eigenvalue weighted by Gasteiger charge is 2.37. The molecule has 2 aliphatic rings. The van der Waals surface area contributed by atoms with Crippen molar-refractivity contribution >= 4 is 0 Å². The minimum Gasteiger partial charge on any atom is -0.371 e. The van der Waals surface area contributed by atoms with E-state index in [-0.39, 0.29) is 18.8 Å². The van der Waals surface area contributed by atoms with Gasteiger partial charge in [0, 0.05) is 38.7 Å². The topological polar surface area (TPSA) is 24.5 Å². The number of rotatable bonds is 4. The molecule has 1 aliphatic carbocycles. The van der Waals surface area contributed by atoms with E-state index in [1.807, 2.05) is 0 Å². The summed E-state index contributed by atoms with van der Waals surface area (Å²) in [7, 11) is 0. The van der Waals surface area contributed by atoms with Crippen LogP contribution in [0.3, 0.4) is 0 Å². The lowest BCUT2D eigenvalue weighted by atomic mass is 10.1. The Kier molecular flexibility index (Phi) is 4.79. The molecule has 2 aromatic rings. The van der Waals surface area contributed by atoms with Crippen LogP contribution in [0.5, 0.6) is 0 Å². The van der Waals surface area contributed by atoms with Crippen LogP contribution in [0.25, 0.3) is 0 Å². The molecule has 2 unspecified atom stereocenters. The molecule has 25 heavy (non-hydrogen) atoms. The molecule has 0 spiro atoms. The normalized spacial score (nSPS) is 23.6. The predicted octanol–water partition coefficient (Wildman–Crippen LogP) is 3.05. The fourth-order valence-electron chi connectivity index (χ4n) is 3.98. The molecule has 0 aromatic heterocycles. The van der Waals surface area contributed by atoms with Crippen molar-refractivity contribution in [3.8, 4) is 0 Å². The maximum Gasteiger partial charge on any atom is 0.126 e. The van der Waals surface area contributed by atoms with Gasteiger partial charge in [0.05, 0.1) is 18.8 Å². The molecule has 0 radical (unpaired) electrons. The first-order valence-corrected chi connectivity index (χ1v) is 8.80. The first kappa shape index (κ1) is 16.6. The number of hydrogen-bond donors (Lipinski definition) is 1. The highest BCUT2D eigenvalue weighted by atomic mass is 19.1. The van der Waals surface area contributed by atoms with Crippen LogP contribution in [-0.4, -0.2) is 37.2 Å². The molecule has 1 saturated heterocycles. The Morgan fingerprint density at radius 1 is 1.04 bits per heavy atom. The molecule has 1 heterocycles. The number of nitrogens with one attached hydrogen (secondary N) is 1. The van der Waals surface area contributed by atoms with Gasteiger partial charge in [-0.1, -0.05) is 24.3 Å². The van der Waals surface area contributed by atoms with E-state index in [0.717, 1.165) is 38.7 Å². The monoisotopic (exact) mass is 344 g/mol. The van der Waals surface area contributed by atoms with Crippen LogP contribution in [-0.2, 0) is 17.8 Å². The fraction of sp³-hybridized carbons (Fsp3) is 0.400. The van der Waals surface area contributed by atoms with Gasteiger partial charge in [0.1, 0.15) is 11.6 Å². The molecule has 0 saturated carbocycles. The van der Waals surface area contributed by atoms with Crippen LogP contribution >= 0.6 is 0 Å². The van der Waals surface area contributed by atoms with Gasteiger partial charge in [-0.2, -0.15) is 0 Å². The molecule has 4 rings (SSSR count). The molecule has 5 heteroatoms. The minimum absolute atomic E-state index is 0.00169. The zero-order valence-corrected chi connectivity index (χ0v) is 14.1. The highest BCUT2D eigenvalue weighted by molar-refractivity contribution is 5.37. The number of nitrogens with zero attached hydrogens (tertiary/aromatic N) is 1. The molecule has 1 aliphatic heterocycles. The average molecular weight is 344 g/mol. The summed E-state index contributed by atoms with van der Waals surface area (Å²) in [6.07, 6.45) is 0.838. The molecular formula is C20H22F2N2O. The molecule has 0 bridgehead atoms. The summed E-state index contributed by atoms with van der Waals surface area (Å²) in [4.78, 5) is 2.46. The van der Waals surface area contributed by atoms with Gasteiger partial charge in [-0.15, -0.1) is 0 Å². The van der Waals surface area contributed by atoms with E-state index in [1.54, 1.807) is 0 Å². The Labute approximate surface area is 146 Å². The lowest BCUT2D eigenvalue weighted by Gasteiger charge is -2.36. The fourth-order valence-corrected chi connectivity index (χ4v) is 3.98. The zero-order chi connectivity index (χ0) is 17.2. The maximum absolute atomic E-state index is 13.4. The van der Waals surface area contributed by atoms with Crippen LogP contribution in [0.1, 0.15) is 22.7 Å². The largest absolute Gasteiger partial charge is 0.371 e. The molecule has 2 aromatic carbocycles. The predicted molar refractivity (Wildman–Crippen MR) is 92.3 cm³/mol. The highest BCUT2D eigenvalue weighted by Crippen LogP contribution is 2.38. The third-order valence-corrected chi connectivity index (χ3v) is 5.08. The van der Waals surface area contributed by atoms with E-state index in [4.69, 9.17) is 4.74 Å². The summed E-state index contributed by atoms with van der Waals surface area (Å²) in [6.45, 7) is 4.12. The second kappa shape index (κ2) is 7.20. The van der Waals surface area contributed by atoms with Crippen molar-refractivity contribution in [2.75, 3.05) is 26.2 Å². The van der Waals surface area contributed by atoms with Crippen LogP contribution in [0.2, 0.25) is 0 Å². The SMILES string of the molecule is Fc1cc(F)cc(COC2Cc3ccccc3C2N2CCNCC2)c1. The summed E-state index contributed by atoms with van der Waals surface area (Å²) in [5.74, 6) is -1.13. The van der Waals surface area contributed by atoms with Crippen molar-refractivity contribution < 1.29 is 13.5 Å². The Morgan fingerprint density at radius 2 is 1.76 bits per heavy atom. The molecule has 2 atom stereocenters. The van der Waals surface area contributed by atoms with Gasteiger partial charge in [-0.25, -0.2) is 8.78 Å². The van der Waals surface area contributed by atoms with Gasteiger partial charge in [0.2, 0.25) is 0 Å². The van der Waals surface area contributed by atoms with Crippen molar-refractivity contribution in [2.24, 2.45) is 0 Å². The second-order valence-corrected chi connectivity index (χ2v) is 6.76. The Bertz CT molecular complexity index is 726. The quantitative estimate of drug-likeness (QED) is 0.923. The van der Waals surface area contributed by atoms with Crippen LogP contribution in [0, 0.1) is 11.6 Å². The van der Waals surface area contributed by atoms with Crippen molar-refractivity contribution in [2.45, 2.75) is 25.2 Å². The Morgan fingerprint density at radius 3 is 2.52 bits per heavy atom. The second-order valence-electron chi connectivity index (χ2n) is 6.76. The third-order valence-electron chi connectivity index (χ3n) is 5.08. The summed E-state index contributed by atoms with van der Waals surface area (Å²) in [5, 5.41) is 3.38. The van der Waals surface area contributed by atoms with Crippen molar-refractivity contribution in [3.05, 3.63) is 70.8 Å². The zero-order valence-electron chi connectivity index (χ0n) is 14.1. The molecule has 1 fully saturated rings. The molecular weight excluding hydrogens is 322 g/mol. The van der Waals surface area contributed by atoms with Gasteiger partial charge in [-0.3, -0.25) is 4.90 Å². The maximum atomic E-state index is 13.4. The minimum atomic E-state index is -0.563. The molecule has 1 N–H and O–H groups in total. The van der Waals surface area contributed by atoms with E-state index in [0.29, 0.717) is 5.56 Å². The lowest BCUT2D eigenvalue weighted by molar-refractivity contribution is -0.0189. The Balaban J connectivity index is 1.53. The summed E-state index contributed by atoms with van der Waals surface area (Å²) >= 11 is 0. The van der Waals surface area contributed by atoms with E-state index in [2.05, 4.69) is 34.5 Å². The van der Waals surface area contributed by atoms with Crippen molar-refractivity contribution in [3.63, 3.8) is 0 Å². The van der Waals surface area contributed by atoms with Gasteiger partial charge in [-0.05, 0) is 28.8 Å². The number of ether oxygens (including phenoxy) is 1. The molecule has 132 valence electrons. The number of halogens is 2. The summed E-state index contributed by atoms with van der Waals surface area (Å²) in [6, 6.07) is 12.2. The van der Waals surface area contributed by atoms with Gasteiger partial charge in [0.25, 0.3) is 0 Å². The lowest BCUT2D eigenvalue weighted by Crippen LogP contribution is -2.47. The van der Waals surface area contributed by atoms with E-state index < -0.39 is 11.6 Å². The Hall–Kier alpha value is -1.82. The third kappa shape index (κ3) is 3.59. The van der Waals surface area contributed by atoms with Crippen molar-refractivity contribution in [1.29, 1.82) is 0 Å². The van der Waals surface area contributed by atoms with Crippen molar-refractivity contribution in [1.82, 2.24) is 10.2 Å². The standard InChI is InChI=1S/C20H22F2N2O/c21-16-9-14(10-17(22)12-16)13-25-19-11-15-3-1-2-4-18(15)20(19)24-7-5-23-6-8-24/h1-4,9-10,12,19-20,23H,5-8,11,13H2. The first-order chi connectivity index (χ1) is 12.2. The van der Waals surface area contributed by atoms with Crippen LogP contribution in [0.15, 0.2) is 42.5 Å². The smallest absolute Gasteiger partial charge is 0.126 e. The molecule has 3 nitrogen and oxygen atoms in total. The van der Waals surface area contributed by atoms with Gasteiger partial charge in [0.15, 0.2) is 0 Å². The van der Waals surface area contributed by atoms with E-state index >= 15 is 0 Å². The van der Waals surface area contributed by atoms with E-state index in [9.17, 15) is 8.78 Å².